The number of hydrogen-bond acceptors (Lipinski definition) is 2. The van der Waals surface area contributed by atoms with Gasteiger partial charge < -0.3 is 4.74 Å². The third kappa shape index (κ3) is 7.69. The van der Waals surface area contributed by atoms with E-state index < -0.39 is 8.07 Å². The van der Waals surface area contributed by atoms with Crippen molar-refractivity contribution in [1.29, 1.82) is 0 Å². The van der Waals surface area contributed by atoms with E-state index in [9.17, 15) is 4.79 Å². The Kier molecular flexibility index (Phi) is 3.54. The average molecular weight is 145 g/mol. The van der Waals surface area contributed by atoms with Gasteiger partial charge in [-0.3, -0.25) is 0 Å². The molecule has 0 heterocycles. The molecule has 0 aromatic rings. The molecule has 1 radical (unpaired) electrons. The Balaban J connectivity index is 3.17. The highest BCUT2D eigenvalue weighted by Crippen LogP contribution is 2.06. The van der Waals surface area contributed by atoms with Crippen LogP contribution in [0.2, 0.25) is 25.7 Å². The van der Waals surface area contributed by atoms with Gasteiger partial charge in [-0.15, -0.1) is 0 Å². The summed E-state index contributed by atoms with van der Waals surface area (Å²) in [6, 6.07) is 1.03. The third-order valence-electron chi connectivity index (χ3n) is 1.01. The van der Waals surface area contributed by atoms with E-state index in [0.717, 1.165) is 6.04 Å². The lowest BCUT2D eigenvalue weighted by Gasteiger charge is -2.13. The second kappa shape index (κ2) is 3.66. The van der Waals surface area contributed by atoms with E-state index in [2.05, 4.69) is 24.4 Å². The predicted molar refractivity (Wildman–Crippen MR) is 39.8 cm³/mol. The van der Waals surface area contributed by atoms with Gasteiger partial charge in [0.05, 0.1) is 6.61 Å². The van der Waals surface area contributed by atoms with Gasteiger partial charge in [0.15, 0.2) is 0 Å². The Morgan fingerprint density at radius 3 is 2.33 bits per heavy atom. The molecule has 0 atom stereocenters. The zero-order chi connectivity index (χ0) is 7.33. The molecule has 3 heteroatoms. The summed E-state index contributed by atoms with van der Waals surface area (Å²) in [5.41, 5.74) is 0. The standard InChI is InChI=1S/C6H13O2Si/c1-9(2,3)5-4-8-6-7/h4-5H2,1-3H3. The summed E-state index contributed by atoms with van der Waals surface area (Å²) in [6.45, 7) is 8.67. The van der Waals surface area contributed by atoms with Gasteiger partial charge in [0.25, 0.3) is 0 Å². The molecule has 0 amide bonds. The second-order valence-electron chi connectivity index (χ2n) is 3.24. The minimum atomic E-state index is -0.998. The Morgan fingerprint density at radius 1 is 1.44 bits per heavy atom. The van der Waals surface area contributed by atoms with Crippen LogP contribution in [0.4, 0.5) is 0 Å². The highest BCUT2D eigenvalue weighted by Gasteiger charge is 2.11. The smallest absolute Gasteiger partial charge is 0.417 e. The van der Waals surface area contributed by atoms with Crippen LogP contribution in [0.3, 0.4) is 0 Å². The summed E-state index contributed by atoms with van der Waals surface area (Å²) < 4.78 is 4.44. The monoisotopic (exact) mass is 145 g/mol. The van der Waals surface area contributed by atoms with Crippen LogP contribution in [-0.4, -0.2) is 21.2 Å². The van der Waals surface area contributed by atoms with Crippen molar-refractivity contribution in [3.05, 3.63) is 0 Å². The van der Waals surface area contributed by atoms with Gasteiger partial charge in [0.1, 0.15) is 0 Å². The molecule has 9 heavy (non-hydrogen) atoms. The molecule has 0 aliphatic carbocycles. The Hall–Kier alpha value is -0.313. The van der Waals surface area contributed by atoms with Gasteiger partial charge in [0, 0.05) is 8.07 Å². The van der Waals surface area contributed by atoms with Gasteiger partial charge in [-0.1, -0.05) is 19.6 Å². The van der Waals surface area contributed by atoms with Crippen molar-refractivity contribution in [2.75, 3.05) is 6.61 Å². The van der Waals surface area contributed by atoms with Crippen molar-refractivity contribution in [3.63, 3.8) is 0 Å². The first-order chi connectivity index (χ1) is 4.06. The van der Waals surface area contributed by atoms with Gasteiger partial charge in [0.2, 0.25) is 0 Å². The third-order valence-corrected chi connectivity index (χ3v) is 2.72. The summed E-state index contributed by atoms with van der Waals surface area (Å²) >= 11 is 0. The molecule has 0 aromatic heterocycles. The first kappa shape index (κ1) is 8.69. The molecule has 0 aliphatic heterocycles. The molecule has 2 nitrogen and oxygen atoms in total. The van der Waals surface area contributed by atoms with Crippen LogP contribution in [0.5, 0.6) is 0 Å². The van der Waals surface area contributed by atoms with E-state index in [-0.39, 0.29) is 0 Å². The van der Waals surface area contributed by atoms with Gasteiger partial charge >= 0.3 is 6.47 Å². The Bertz CT molecular complexity index is 85.5. The number of rotatable bonds is 4. The molecule has 0 rings (SSSR count). The van der Waals surface area contributed by atoms with Crippen molar-refractivity contribution in [3.8, 4) is 0 Å². The largest absolute Gasteiger partial charge is 0.458 e. The summed E-state index contributed by atoms with van der Waals surface area (Å²) in [6.07, 6.45) is 0. The number of ether oxygens (including phenoxy) is 1. The number of carbonyl (C=O) groups excluding carboxylic acids is 1. The summed E-state index contributed by atoms with van der Waals surface area (Å²) in [4.78, 5) is 9.56. The Morgan fingerprint density at radius 2 is 2.00 bits per heavy atom. The van der Waals surface area contributed by atoms with E-state index >= 15 is 0 Å². The topological polar surface area (TPSA) is 26.3 Å². The fourth-order valence-corrected chi connectivity index (χ4v) is 1.11. The van der Waals surface area contributed by atoms with Crippen molar-refractivity contribution < 1.29 is 9.53 Å². The van der Waals surface area contributed by atoms with Crippen molar-refractivity contribution in [2.24, 2.45) is 0 Å². The van der Waals surface area contributed by atoms with Gasteiger partial charge in [-0.2, -0.15) is 0 Å². The maximum atomic E-state index is 9.56. The predicted octanol–water partition coefficient (Wildman–Crippen LogP) is 1.41. The minimum Gasteiger partial charge on any atom is -0.458 e. The molecule has 0 unspecified atom stereocenters. The molecule has 0 fully saturated rings. The van der Waals surface area contributed by atoms with Crippen molar-refractivity contribution >= 4 is 14.5 Å². The van der Waals surface area contributed by atoms with Crippen molar-refractivity contribution in [1.82, 2.24) is 0 Å². The fraction of sp³-hybridized carbons (Fsp3) is 0.833. The highest BCUT2D eigenvalue weighted by molar-refractivity contribution is 6.76. The lowest BCUT2D eigenvalue weighted by atomic mass is 10.9. The van der Waals surface area contributed by atoms with E-state index in [1.165, 1.54) is 6.47 Å². The van der Waals surface area contributed by atoms with Crippen molar-refractivity contribution in [2.45, 2.75) is 25.7 Å². The van der Waals surface area contributed by atoms with Crippen LogP contribution in [-0.2, 0) is 9.53 Å². The quantitative estimate of drug-likeness (QED) is 0.441. The summed E-state index contributed by atoms with van der Waals surface area (Å²) in [7, 11) is -0.998. The zero-order valence-corrected chi connectivity index (χ0v) is 7.23. The molecule has 53 valence electrons. The average Bonchev–Trinajstić information content (AvgIpc) is 1.63. The summed E-state index contributed by atoms with van der Waals surface area (Å²) in [5.74, 6) is 0. The normalized spacial score (nSPS) is 11.0. The maximum Gasteiger partial charge on any atom is 0.417 e. The van der Waals surface area contributed by atoms with Crippen LogP contribution < -0.4 is 0 Å². The SMILES string of the molecule is C[Si](C)(C)CCO[C]=O. The van der Waals surface area contributed by atoms with Crippen LogP contribution in [0.1, 0.15) is 0 Å². The van der Waals surface area contributed by atoms with Crippen LogP contribution in [0, 0.1) is 0 Å². The zero-order valence-electron chi connectivity index (χ0n) is 6.23. The summed E-state index contributed by atoms with van der Waals surface area (Å²) in [5, 5.41) is 0. The molecular formula is C6H13O2Si. The van der Waals surface area contributed by atoms with Gasteiger partial charge in [-0.25, -0.2) is 4.79 Å². The maximum absolute atomic E-state index is 9.56. The first-order valence-electron chi connectivity index (χ1n) is 3.05. The van der Waals surface area contributed by atoms with E-state index in [4.69, 9.17) is 0 Å². The minimum absolute atomic E-state index is 0.541. The molecule has 0 aliphatic rings. The van der Waals surface area contributed by atoms with E-state index in [1.807, 2.05) is 0 Å². The van der Waals surface area contributed by atoms with Crippen LogP contribution in [0.25, 0.3) is 0 Å². The molecular weight excluding hydrogens is 132 g/mol. The van der Waals surface area contributed by atoms with Gasteiger partial charge in [-0.05, 0) is 6.04 Å². The van der Waals surface area contributed by atoms with Crippen LogP contribution >= 0.6 is 0 Å². The number of hydrogen-bond donors (Lipinski definition) is 0. The lowest BCUT2D eigenvalue weighted by molar-refractivity contribution is 0.294. The fourth-order valence-electron chi connectivity index (χ4n) is 0.399. The van der Waals surface area contributed by atoms with E-state index in [1.54, 1.807) is 0 Å². The molecule has 0 spiro atoms. The highest BCUT2D eigenvalue weighted by atomic mass is 28.3. The molecule has 0 saturated carbocycles. The Labute approximate surface area is 57.2 Å². The molecule has 0 bridgehead atoms. The molecule has 0 aromatic carbocycles. The van der Waals surface area contributed by atoms with Crippen LogP contribution in [0.15, 0.2) is 0 Å². The lowest BCUT2D eigenvalue weighted by Crippen LogP contribution is -2.21. The molecule has 0 saturated heterocycles. The molecule has 0 N–H and O–H groups in total. The first-order valence-corrected chi connectivity index (χ1v) is 6.76. The second-order valence-corrected chi connectivity index (χ2v) is 8.86. The van der Waals surface area contributed by atoms with E-state index in [0.29, 0.717) is 6.61 Å².